The minimum atomic E-state index is -1.06. The Labute approximate surface area is 207 Å². The smallest absolute Gasteiger partial charge is 0.276 e. The fraction of sp³-hybridized carbons (Fsp3) is 0.556. The van der Waals surface area contributed by atoms with Gasteiger partial charge in [0.15, 0.2) is 5.69 Å². The summed E-state index contributed by atoms with van der Waals surface area (Å²) >= 11 is 0. The van der Waals surface area contributed by atoms with E-state index in [0.29, 0.717) is 12.2 Å². The fourth-order valence-electron chi connectivity index (χ4n) is 5.38. The van der Waals surface area contributed by atoms with Crippen LogP contribution in [0.3, 0.4) is 0 Å². The van der Waals surface area contributed by atoms with Gasteiger partial charge in [-0.25, -0.2) is 0 Å². The van der Waals surface area contributed by atoms with Gasteiger partial charge in [-0.2, -0.15) is 5.10 Å². The van der Waals surface area contributed by atoms with Crippen LogP contribution in [-0.2, 0) is 11.3 Å². The molecule has 1 aliphatic heterocycles. The Morgan fingerprint density at radius 3 is 2.40 bits per heavy atom. The summed E-state index contributed by atoms with van der Waals surface area (Å²) < 4.78 is 1.53. The standard InChI is InChI=1S/C27H37N5O3/c1-6-7-12-31-25(34)22-15-21(24(33)29-23-18(3)13-17(2)14-19(23)4)30-32(22)16-27(31,5)26(35)28-20-10-8-9-11-20/h13-15,20H,6-12,16H2,1-5H3,(H,28,35)(H,29,33)/t27-/m0/s1. The predicted octanol–water partition coefficient (Wildman–Crippen LogP) is 4.13. The number of benzene rings is 1. The van der Waals surface area contributed by atoms with Crippen molar-refractivity contribution in [2.24, 2.45) is 0 Å². The average Bonchev–Trinajstić information content (AvgIpc) is 3.46. The van der Waals surface area contributed by atoms with Gasteiger partial charge >= 0.3 is 0 Å². The summed E-state index contributed by atoms with van der Waals surface area (Å²) in [6.07, 6.45) is 5.88. The Morgan fingerprint density at radius 2 is 1.77 bits per heavy atom. The molecule has 3 amide bonds. The van der Waals surface area contributed by atoms with Crippen LogP contribution >= 0.6 is 0 Å². The van der Waals surface area contributed by atoms with Crippen LogP contribution in [0.2, 0.25) is 0 Å². The number of hydrogen-bond acceptors (Lipinski definition) is 4. The molecule has 2 aliphatic rings. The minimum Gasteiger partial charge on any atom is -0.351 e. The fourth-order valence-corrected chi connectivity index (χ4v) is 5.38. The maximum absolute atomic E-state index is 13.6. The summed E-state index contributed by atoms with van der Waals surface area (Å²) in [6.45, 7) is 10.5. The van der Waals surface area contributed by atoms with E-state index in [1.54, 1.807) is 11.0 Å². The van der Waals surface area contributed by atoms with E-state index in [1.807, 2.05) is 39.8 Å². The summed E-state index contributed by atoms with van der Waals surface area (Å²) in [5.41, 5.74) is 3.27. The largest absolute Gasteiger partial charge is 0.351 e. The quantitative estimate of drug-likeness (QED) is 0.624. The van der Waals surface area contributed by atoms with Crippen molar-refractivity contribution in [3.8, 4) is 0 Å². The zero-order chi connectivity index (χ0) is 25.3. The molecule has 4 rings (SSSR count). The molecule has 8 nitrogen and oxygen atoms in total. The highest BCUT2D eigenvalue weighted by Crippen LogP contribution is 2.30. The number of hydrogen-bond donors (Lipinski definition) is 2. The first-order valence-corrected chi connectivity index (χ1v) is 12.7. The van der Waals surface area contributed by atoms with Gasteiger partial charge in [-0.3, -0.25) is 19.1 Å². The number of anilines is 1. The first-order chi connectivity index (χ1) is 16.6. The molecule has 2 aromatic rings. The summed E-state index contributed by atoms with van der Waals surface area (Å²) in [5, 5.41) is 10.6. The molecule has 0 bridgehead atoms. The SMILES string of the molecule is CCCCN1C(=O)c2cc(C(=O)Nc3c(C)cc(C)cc3C)nn2C[C@@]1(C)C(=O)NC1CCCC1. The molecule has 188 valence electrons. The molecular weight excluding hydrogens is 442 g/mol. The second-order valence-electron chi connectivity index (χ2n) is 10.3. The number of amides is 3. The Kier molecular flexibility index (Phi) is 7.01. The summed E-state index contributed by atoms with van der Waals surface area (Å²) in [7, 11) is 0. The molecule has 2 N–H and O–H groups in total. The monoisotopic (exact) mass is 479 g/mol. The first-order valence-electron chi connectivity index (χ1n) is 12.7. The van der Waals surface area contributed by atoms with Crippen LogP contribution in [0.5, 0.6) is 0 Å². The van der Waals surface area contributed by atoms with Gasteiger partial charge in [-0.15, -0.1) is 0 Å². The number of aryl methyl sites for hydroxylation is 3. The van der Waals surface area contributed by atoms with Crippen molar-refractivity contribution < 1.29 is 14.4 Å². The lowest BCUT2D eigenvalue weighted by Gasteiger charge is -2.43. The Balaban J connectivity index is 1.62. The van der Waals surface area contributed by atoms with Crippen LogP contribution in [0.15, 0.2) is 18.2 Å². The highest BCUT2D eigenvalue weighted by molar-refractivity contribution is 6.06. The van der Waals surface area contributed by atoms with Crippen LogP contribution in [-0.4, -0.2) is 50.5 Å². The number of nitrogens with one attached hydrogen (secondary N) is 2. The summed E-state index contributed by atoms with van der Waals surface area (Å²) in [6, 6.07) is 5.74. The lowest BCUT2D eigenvalue weighted by molar-refractivity contribution is -0.133. The van der Waals surface area contributed by atoms with E-state index >= 15 is 0 Å². The number of unbranched alkanes of at least 4 members (excludes halogenated alkanes) is 1. The van der Waals surface area contributed by atoms with Gasteiger partial charge in [0.2, 0.25) is 5.91 Å². The van der Waals surface area contributed by atoms with E-state index in [2.05, 4.69) is 22.7 Å². The van der Waals surface area contributed by atoms with Crippen LogP contribution in [0.25, 0.3) is 0 Å². The maximum atomic E-state index is 13.6. The van der Waals surface area contributed by atoms with Crippen LogP contribution in [0, 0.1) is 20.8 Å². The summed E-state index contributed by atoms with van der Waals surface area (Å²) in [4.78, 5) is 41.8. The molecule has 0 unspecified atom stereocenters. The third-order valence-electron chi connectivity index (χ3n) is 7.36. The van der Waals surface area contributed by atoms with Crippen LogP contribution in [0.1, 0.15) is 90.0 Å². The third kappa shape index (κ3) is 4.83. The molecule has 1 saturated carbocycles. The Bertz CT molecular complexity index is 1120. The number of aromatic nitrogens is 2. The molecule has 0 spiro atoms. The minimum absolute atomic E-state index is 0.146. The van der Waals surface area contributed by atoms with Gasteiger partial charge in [0.1, 0.15) is 11.2 Å². The van der Waals surface area contributed by atoms with E-state index in [9.17, 15) is 14.4 Å². The molecule has 1 aromatic carbocycles. The second kappa shape index (κ2) is 9.84. The van der Waals surface area contributed by atoms with E-state index < -0.39 is 5.54 Å². The number of carbonyl (C=O) groups excluding carboxylic acids is 3. The van der Waals surface area contributed by atoms with Gasteiger partial charge in [-0.05, 0) is 58.1 Å². The van der Waals surface area contributed by atoms with Crippen LogP contribution in [0.4, 0.5) is 5.69 Å². The molecule has 8 heteroatoms. The predicted molar refractivity (Wildman–Crippen MR) is 136 cm³/mol. The number of nitrogens with zero attached hydrogens (tertiary/aromatic N) is 3. The Morgan fingerprint density at radius 1 is 1.11 bits per heavy atom. The zero-order valence-electron chi connectivity index (χ0n) is 21.5. The van der Waals surface area contributed by atoms with Crippen molar-refractivity contribution >= 4 is 23.4 Å². The van der Waals surface area contributed by atoms with Gasteiger partial charge in [0, 0.05) is 24.3 Å². The van der Waals surface area contributed by atoms with Crippen molar-refractivity contribution in [1.29, 1.82) is 0 Å². The molecule has 1 aromatic heterocycles. The molecule has 0 saturated heterocycles. The van der Waals surface area contributed by atoms with Gasteiger partial charge in [0.05, 0.1) is 6.54 Å². The van der Waals surface area contributed by atoms with Crippen molar-refractivity contribution in [3.05, 3.63) is 46.3 Å². The third-order valence-corrected chi connectivity index (χ3v) is 7.36. The molecule has 1 fully saturated rings. The second-order valence-corrected chi connectivity index (χ2v) is 10.3. The van der Waals surface area contributed by atoms with Crippen molar-refractivity contribution in [2.75, 3.05) is 11.9 Å². The molecule has 1 atom stereocenters. The maximum Gasteiger partial charge on any atom is 0.276 e. The number of rotatable bonds is 7. The lowest BCUT2D eigenvalue weighted by Crippen LogP contribution is -2.65. The molecule has 35 heavy (non-hydrogen) atoms. The highest BCUT2D eigenvalue weighted by atomic mass is 16.2. The molecule has 0 radical (unpaired) electrons. The Hall–Kier alpha value is -3.16. The highest BCUT2D eigenvalue weighted by Gasteiger charge is 2.48. The van der Waals surface area contributed by atoms with Crippen molar-refractivity contribution in [1.82, 2.24) is 20.0 Å². The van der Waals surface area contributed by atoms with Gasteiger partial charge in [-0.1, -0.05) is 43.9 Å². The molecular formula is C27H37N5O3. The number of carbonyl (C=O) groups is 3. The normalized spacial score (nSPS) is 20.1. The number of fused-ring (bicyclic) bond motifs is 1. The average molecular weight is 480 g/mol. The van der Waals surface area contributed by atoms with Crippen molar-refractivity contribution in [3.63, 3.8) is 0 Å². The van der Waals surface area contributed by atoms with E-state index in [0.717, 1.165) is 60.9 Å². The van der Waals surface area contributed by atoms with E-state index in [1.165, 1.54) is 4.68 Å². The van der Waals surface area contributed by atoms with E-state index in [4.69, 9.17) is 0 Å². The molecule has 2 heterocycles. The van der Waals surface area contributed by atoms with Crippen LogP contribution < -0.4 is 10.6 Å². The topological polar surface area (TPSA) is 96.3 Å². The van der Waals surface area contributed by atoms with Crippen molar-refractivity contribution in [2.45, 2.75) is 91.3 Å². The first kappa shape index (κ1) is 24.9. The zero-order valence-corrected chi connectivity index (χ0v) is 21.5. The van der Waals surface area contributed by atoms with Gasteiger partial charge < -0.3 is 15.5 Å². The summed E-state index contributed by atoms with van der Waals surface area (Å²) in [5.74, 6) is -0.776. The lowest BCUT2D eigenvalue weighted by atomic mass is 9.94. The van der Waals surface area contributed by atoms with Gasteiger partial charge in [0.25, 0.3) is 11.8 Å². The van der Waals surface area contributed by atoms with E-state index in [-0.39, 0.29) is 36.0 Å². The molecule has 1 aliphatic carbocycles.